The van der Waals surface area contributed by atoms with Gasteiger partial charge in [-0.05, 0) is 66.3 Å². The molecule has 0 aliphatic carbocycles. The van der Waals surface area contributed by atoms with E-state index in [2.05, 4.69) is 12.2 Å². The van der Waals surface area contributed by atoms with Crippen LogP contribution in [0.2, 0.25) is 0 Å². The Hall–Kier alpha value is -3.93. The highest BCUT2D eigenvalue weighted by molar-refractivity contribution is 7.91. The van der Waals surface area contributed by atoms with Crippen LogP contribution in [-0.2, 0) is 20.0 Å². The molecule has 0 spiro atoms. The number of phenolic OH excluding ortho intramolecular Hbond substituents is 2. The standard InChI is InChI=1S/C32H35NO8S2/c1-5-6-7-8-15-33-32(36)24-12-10-22(17-20(24)3)21-9-11-23(19(2)16-21)25-13-14-26-27(43(39,40)41)18-28(42(4,37)38)31(35)29(26)30(25)34/h9-14,16-18,34-35H,5-8,15H2,1-4H3,(H,33,36)(H,39,40,41). The maximum Gasteiger partial charge on any atom is 0.295 e. The molecule has 9 nitrogen and oxygen atoms in total. The van der Waals surface area contributed by atoms with E-state index in [9.17, 15) is 36.4 Å². The number of unbranched alkanes of at least 4 members (excludes halogenated alkanes) is 3. The van der Waals surface area contributed by atoms with Gasteiger partial charge in [0.15, 0.2) is 9.84 Å². The van der Waals surface area contributed by atoms with Gasteiger partial charge in [0.25, 0.3) is 16.0 Å². The fraction of sp³-hybridized carbons (Fsp3) is 0.281. The van der Waals surface area contributed by atoms with Crippen molar-refractivity contribution in [2.45, 2.75) is 56.2 Å². The van der Waals surface area contributed by atoms with Gasteiger partial charge in [-0.15, -0.1) is 0 Å². The van der Waals surface area contributed by atoms with Crippen molar-refractivity contribution in [3.63, 3.8) is 0 Å². The average molecular weight is 626 g/mol. The number of aryl methyl sites for hydroxylation is 2. The third-order valence-corrected chi connectivity index (χ3v) is 9.49. The third-order valence-electron chi connectivity index (χ3n) is 7.49. The summed E-state index contributed by atoms with van der Waals surface area (Å²) >= 11 is 0. The zero-order chi connectivity index (χ0) is 31.7. The molecule has 4 aromatic rings. The lowest BCUT2D eigenvalue weighted by atomic mass is 9.92. The Morgan fingerprint density at radius 2 is 1.40 bits per heavy atom. The van der Waals surface area contributed by atoms with E-state index < -0.39 is 46.6 Å². The third kappa shape index (κ3) is 6.69. The van der Waals surface area contributed by atoms with Crippen LogP contribution in [0.5, 0.6) is 11.5 Å². The second-order valence-corrected chi connectivity index (χ2v) is 14.1. The summed E-state index contributed by atoms with van der Waals surface area (Å²) in [6, 6.07) is 14.4. The summed E-state index contributed by atoms with van der Waals surface area (Å²) in [6.07, 6.45) is 5.07. The van der Waals surface area contributed by atoms with Gasteiger partial charge in [-0.3, -0.25) is 9.35 Å². The number of carbonyl (C=O) groups excluding carboxylic acids is 1. The average Bonchev–Trinajstić information content (AvgIpc) is 2.92. The molecule has 0 aliphatic rings. The molecule has 0 radical (unpaired) electrons. The second kappa shape index (κ2) is 12.4. The van der Waals surface area contributed by atoms with Crippen molar-refractivity contribution in [2.75, 3.05) is 12.8 Å². The first kappa shape index (κ1) is 32.0. The van der Waals surface area contributed by atoms with E-state index in [0.717, 1.165) is 54.2 Å². The second-order valence-electron chi connectivity index (χ2n) is 10.7. The highest BCUT2D eigenvalue weighted by Gasteiger charge is 2.27. The summed E-state index contributed by atoms with van der Waals surface area (Å²) in [5.74, 6) is -1.47. The van der Waals surface area contributed by atoms with E-state index >= 15 is 0 Å². The molecule has 0 fully saturated rings. The summed E-state index contributed by atoms with van der Waals surface area (Å²) in [6.45, 7) is 6.46. The number of hydrogen-bond donors (Lipinski definition) is 4. The smallest absolute Gasteiger partial charge is 0.295 e. The molecule has 228 valence electrons. The number of nitrogens with one attached hydrogen (secondary N) is 1. The van der Waals surface area contributed by atoms with Gasteiger partial charge in [0, 0.05) is 29.3 Å². The first-order valence-corrected chi connectivity index (χ1v) is 17.2. The molecule has 4 aromatic carbocycles. The van der Waals surface area contributed by atoms with Gasteiger partial charge in [-0.1, -0.05) is 62.6 Å². The summed E-state index contributed by atoms with van der Waals surface area (Å²) in [7, 11) is -9.03. The van der Waals surface area contributed by atoms with Crippen LogP contribution in [0, 0.1) is 13.8 Å². The summed E-state index contributed by atoms with van der Waals surface area (Å²) in [5.41, 5.74) is 4.66. The molecule has 43 heavy (non-hydrogen) atoms. The monoisotopic (exact) mass is 625 g/mol. The molecule has 0 saturated heterocycles. The largest absolute Gasteiger partial charge is 0.507 e. The van der Waals surface area contributed by atoms with Crippen LogP contribution in [0.1, 0.15) is 54.1 Å². The Bertz CT molecular complexity index is 1950. The van der Waals surface area contributed by atoms with Crippen molar-refractivity contribution in [1.29, 1.82) is 0 Å². The van der Waals surface area contributed by atoms with Gasteiger partial charge in [0.05, 0.1) is 5.39 Å². The van der Waals surface area contributed by atoms with Crippen molar-refractivity contribution in [3.05, 3.63) is 71.3 Å². The van der Waals surface area contributed by atoms with Crippen LogP contribution < -0.4 is 5.32 Å². The number of benzene rings is 4. The van der Waals surface area contributed by atoms with Crippen molar-refractivity contribution >= 4 is 36.6 Å². The molecule has 4 N–H and O–H groups in total. The van der Waals surface area contributed by atoms with Crippen LogP contribution in [0.25, 0.3) is 33.0 Å². The van der Waals surface area contributed by atoms with Crippen molar-refractivity contribution in [3.8, 4) is 33.8 Å². The molecule has 0 heterocycles. The lowest BCUT2D eigenvalue weighted by molar-refractivity contribution is 0.0952. The van der Waals surface area contributed by atoms with E-state index in [0.29, 0.717) is 23.7 Å². The Labute approximate surface area is 251 Å². The highest BCUT2D eigenvalue weighted by atomic mass is 32.2. The van der Waals surface area contributed by atoms with Gasteiger partial charge in [0.1, 0.15) is 21.3 Å². The molecule has 0 saturated carbocycles. The minimum absolute atomic E-state index is 0.113. The molecule has 1 amide bonds. The van der Waals surface area contributed by atoms with E-state index in [1.54, 1.807) is 12.1 Å². The van der Waals surface area contributed by atoms with Crippen LogP contribution >= 0.6 is 0 Å². The van der Waals surface area contributed by atoms with E-state index in [-0.39, 0.29) is 16.9 Å². The number of rotatable bonds is 10. The molecule has 0 aromatic heterocycles. The number of hydrogen-bond acceptors (Lipinski definition) is 7. The van der Waals surface area contributed by atoms with Crippen LogP contribution in [0.3, 0.4) is 0 Å². The number of fused-ring (bicyclic) bond motifs is 1. The Morgan fingerprint density at radius 1 is 0.767 bits per heavy atom. The van der Waals surface area contributed by atoms with Crippen LogP contribution in [0.4, 0.5) is 0 Å². The Morgan fingerprint density at radius 3 is 1.98 bits per heavy atom. The summed E-state index contributed by atoms with van der Waals surface area (Å²) in [4.78, 5) is 11.2. The first-order chi connectivity index (χ1) is 20.1. The minimum Gasteiger partial charge on any atom is -0.507 e. The first-order valence-electron chi connectivity index (χ1n) is 13.8. The topological polar surface area (TPSA) is 158 Å². The molecule has 0 bridgehead atoms. The molecular formula is C32H35NO8S2. The van der Waals surface area contributed by atoms with Crippen LogP contribution in [0.15, 0.2) is 64.4 Å². The fourth-order valence-corrected chi connectivity index (χ4v) is 6.80. The Kier molecular flexibility index (Phi) is 9.19. The van der Waals surface area contributed by atoms with Gasteiger partial charge < -0.3 is 15.5 Å². The van der Waals surface area contributed by atoms with Gasteiger partial charge in [-0.2, -0.15) is 8.42 Å². The predicted molar refractivity (Wildman–Crippen MR) is 167 cm³/mol. The molecule has 0 aliphatic heterocycles. The summed E-state index contributed by atoms with van der Waals surface area (Å²) in [5, 5.41) is 24.4. The van der Waals surface area contributed by atoms with Crippen LogP contribution in [-0.4, -0.2) is 50.3 Å². The number of sulfone groups is 1. The molecule has 11 heteroatoms. The van der Waals surface area contributed by atoms with Crippen molar-refractivity contribution in [1.82, 2.24) is 5.32 Å². The van der Waals surface area contributed by atoms with E-state index in [1.165, 1.54) is 12.1 Å². The normalized spacial score (nSPS) is 12.0. The van der Waals surface area contributed by atoms with Gasteiger partial charge in [-0.25, -0.2) is 8.42 Å². The number of aromatic hydroxyl groups is 2. The maximum absolute atomic E-state index is 12.7. The molecular weight excluding hydrogens is 590 g/mol. The SMILES string of the molecule is CCCCCCNC(=O)c1ccc(-c2ccc(-c3ccc4c(S(=O)(=O)O)cc(S(C)(=O)=O)c(O)c4c3O)c(C)c2)cc1C. The lowest BCUT2D eigenvalue weighted by Crippen LogP contribution is -2.25. The lowest BCUT2D eigenvalue weighted by Gasteiger charge is -2.16. The van der Waals surface area contributed by atoms with Gasteiger partial charge >= 0.3 is 0 Å². The van der Waals surface area contributed by atoms with Gasteiger partial charge in [0.2, 0.25) is 0 Å². The van der Waals surface area contributed by atoms with Crippen molar-refractivity contribution in [2.24, 2.45) is 0 Å². The van der Waals surface area contributed by atoms with Crippen molar-refractivity contribution < 1.29 is 36.4 Å². The van der Waals surface area contributed by atoms with E-state index in [4.69, 9.17) is 0 Å². The predicted octanol–water partition coefficient (Wildman–Crippen LogP) is 6.16. The van der Waals surface area contributed by atoms with E-state index in [1.807, 2.05) is 38.1 Å². The fourth-order valence-electron chi connectivity index (χ4n) is 5.23. The highest BCUT2D eigenvalue weighted by Crippen LogP contribution is 2.46. The number of amides is 1. The minimum atomic E-state index is -4.90. The zero-order valence-electron chi connectivity index (χ0n) is 24.4. The quantitative estimate of drug-likeness (QED) is 0.120. The zero-order valence-corrected chi connectivity index (χ0v) is 26.1. The number of carbonyl (C=O) groups is 1. The summed E-state index contributed by atoms with van der Waals surface area (Å²) < 4.78 is 58.5. The number of phenols is 2. The Balaban J connectivity index is 1.72. The maximum atomic E-state index is 12.7. The molecule has 0 unspecified atom stereocenters. The molecule has 0 atom stereocenters. The molecule has 4 rings (SSSR count).